The van der Waals surface area contributed by atoms with E-state index in [4.69, 9.17) is 12.2 Å². The number of likely N-dealkylation sites (N-methyl/N-ethyl adjacent to an activating group) is 1. The first kappa shape index (κ1) is 9.79. The van der Waals surface area contributed by atoms with Crippen LogP contribution < -0.4 is 0 Å². The van der Waals surface area contributed by atoms with Crippen LogP contribution in [0.15, 0.2) is 0 Å². The Morgan fingerprint density at radius 2 is 2.43 bits per heavy atom. The number of hydrogen-bond acceptors (Lipinski definition) is 4. The van der Waals surface area contributed by atoms with Crippen LogP contribution in [0.4, 0.5) is 0 Å². The summed E-state index contributed by atoms with van der Waals surface area (Å²) in [6.07, 6.45) is 2.65. The molecule has 1 unspecified atom stereocenters. The van der Waals surface area contributed by atoms with Crippen LogP contribution in [0.2, 0.25) is 0 Å². The molecule has 0 bridgehead atoms. The predicted octanol–water partition coefficient (Wildman–Crippen LogP) is 0.818. The molecule has 14 heavy (non-hydrogen) atoms. The van der Waals surface area contributed by atoms with E-state index in [9.17, 15) is 0 Å². The Hall–Kier alpha value is -0.750. The molecule has 0 radical (unpaired) electrons. The third kappa shape index (κ3) is 2.01. The van der Waals surface area contributed by atoms with Gasteiger partial charge in [-0.1, -0.05) is 10.3 Å². The summed E-state index contributed by atoms with van der Waals surface area (Å²) in [5.41, 5.74) is 0. The maximum Gasteiger partial charge on any atom is 0.238 e. The van der Waals surface area contributed by atoms with Gasteiger partial charge in [0.05, 0.1) is 6.54 Å². The minimum Gasteiger partial charge on any atom is -0.299 e. The summed E-state index contributed by atoms with van der Waals surface area (Å²) in [5.74, 6) is 0. The number of H-pyrrole nitrogens is 1. The van der Waals surface area contributed by atoms with Crippen LogP contribution in [-0.2, 0) is 6.54 Å². The van der Waals surface area contributed by atoms with E-state index in [1.807, 2.05) is 0 Å². The second kappa shape index (κ2) is 3.78. The monoisotopic (exact) mass is 213 g/mol. The maximum absolute atomic E-state index is 5.01. The Morgan fingerprint density at radius 3 is 2.93 bits per heavy atom. The normalized spacial score (nSPS) is 18.8. The van der Waals surface area contributed by atoms with Gasteiger partial charge in [0.1, 0.15) is 0 Å². The van der Waals surface area contributed by atoms with E-state index in [0.29, 0.717) is 10.8 Å². The third-order valence-corrected chi connectivity index (χ3v) is 3.10. The molecule has 5 nitrogen and oxygen atoms in total. The lowest BCUT2D eigenvalue weighted by atomic mass is 10.3. The van der Waals surface area contributed by atoms with Crippen molar-refractivity contribution in [1.29, 1.82) is 0 Å². The lowest BCUT2D eigenvalue weighted by Gasteiger charge is -2.23. The van der Waals surface area contributed by atoms with Crippen LogP contribution in [0.25, 0.3) is 0 Å². The fourth-order valence-electron chi connectivity index (χ4n) is 1.57. The van der Waals surface area contributed by atoms with Crippen LogP contribution >= 0.6 is 12.2 Å². The molecule has 0 spiro atoms. The zero-order chi connectivity index (χ0) is 10.1. The van der Waals surface area contributed by atoms with E-state index in [-0.39, 0.29) is 0 Å². The van der Waals surface area contributed by atoms with Gasteiger partial charge in [-0.05, 0) is 39.0 Å². The molecule has 1 heterocycles. The number of rotatable bonds is 4. The Bertz CT molecular complexity index is 353. The molecule has 1 fully saturated rings. The zero-order valence-electron chi connectivity index (χ0n) is 8.47. The fraction of sp³-hybridized carbons (Fsp3) is 0.875. The molecule has 6 heteroatoms. The highest BCUT2D eigenvalue weighted by molar-refractivity contribution is 7.71. The molecule has 1 aromatic heterocycles. The van der Waals surface area contributed by atoms with E-state index in [0.717, 1.165) is 12.6 Å². The minimum absolute atomic E-state index is 0.469. The van der Waals surface area contributed by atoms with Gasteiger partial charge >= 0.3 is 0 Å². The second-order valence-electron chi connectivity index (χ2n) is 3.94. The molecule has 0 saturated heterocycles. The molecule has 78 valence electrons. The van der Waals surface area contributed by atoms with Crippen molar-refractivity contribution >= 4 is 12.2 Å². The summed E-state index contributed by atoms with van der Waals surface area (Å²) in [4.78, 5) is 2.39. The topological polar surface area (TPSA) is 49.7 Å². The Balaban J connectivity index is 1.96. The number of nitrogens with one attached hydrogen (secondary N) is 1. The molecule has 1 N–H and O–H groups in total. The Morgan fingerprint density at radius 1 is 1.71 bits per heavy atom. The SMILES string of the molecule is CC(Cn1[nH]nnc1=S)N(C)C1CC1. The van der Waals surface area contributed by atoms with Crippen LogP contribution in [0.3, 0.4) is 0 Å². The van der Waals surface area contributed by atoms with Crippen LogP contribution in [-0.4, -0.2) is 44.2 Å². The Kier molecular flexibility index (Phi) is 2.64. The summed E-state index contributed by atoms with van der Waals surface area (Å²) in [6.45, 7) is 3.03. The quantitative estimate of drug-likeness (QED) is 0.752. The van der Waals surface area contributed by atoms with Crippen LogP contribution in [0.1, 0.15) is 19.8 Å². The third-order valence-electron chi connectivity index (χ3n) is 2.80. The van der Waals surface area contributed by atoms with Gasteiger partial charge in [0.15, 0.2) is 0 Å². The number of hydrogen-bond donors (Lipinski definition) is 1. The molecule has 0 amide bonds. The minimum atomic E-state index is 0.469. The molecule has 0 aromatic carbocycles. The molecular weight excluding hydrogens is 198 g/mol. The Labute approximate surface area is 88.1 Å². The highest BCUT2D eigenvalue weighted by Gasteiger charge is 2.29. The molecular formula is C8H15N5S. The molecule has 1 saturated carbocycles. The average Bonchev–Trinajstić information content (AvgIpc) is 2.92. The molecule has 0 aliphatic heterocycles. The second-order valence-corrected chi connectivity index (χ2v) is 4.30. The summed E-state index contributed by atoms with van der Waals surface area (Å²) < 4.78 is 2.33. The van der Waals surface area contributed by atoms with Crippen molar-refractivity contribution in [3.63, 3.8) is 0 Å². The van der Waals surface area contributed by atoms with Gasteiger partial charge in [0.25, 0.3) is 0 Å². The highest BCUT2D eigenvalue weighted by Crippen LogP contribution is 2.27. The predicted molar refractivity (Wildman–Crippen MR) is 55.5 cm³/mol. The van der Waals surface area contributed by atoms with Gasteiger partial charge in [-0.25, -0.2) is 4.68 Å². The summed E-state index contributed by atoms with van der Waals surface area (Å²) in [7, 11) is 2.16. The molecule has 1 atom stereocenters. The molecule has 2 rings (SSSR count). The van der Waals surface area contributed by atoms with Gasteiger partial charge in [-0.3, -0.25) is 4.90 Å². The van der Waals surface area contributed by atoms with Crippen LogP contribution in [0, 0.1) is 4.77 Å². The van der Waals surface area contributed by atoms with E-state index in [2.05, 4.69) is 34.4 Å². The number of aromatic amines is 1. The van der Waals surface area contributed by atoms with Crippen molar-refractivity contribution in [2.45, 2.75) is 38.4 Å². The van der Waals surface area contributed by atoms with Crippen molar-refractivity contribution in [2.24, 2.45) is 0 Å². The first-order valence-electron chi connectivity index (χ1n) is 4.88. The number of tetrazole rings is 1. The summed E-state index contributed by atoms with van der Waals surface area (Å²) in [5, 5.41) is 10.2. The average molecular weight is 213 g/mol. The van der Waals surface area contributed by atoms with Crippen molar-refractivity contribution in [2.75, 3.05) is 7.05 Å². The summed E-state index contributed by atoms with van der Waals surface area (Å²) >= 11 is 5.01. The fourth-order valence-corrected chi connectivity index (χ4v) is 1.73. The van der Waals surface area contributed by atoms with Crippen molar-refractivity contribution in [3.05, 3.63) is 4.77 Å². The lowest BCUT2D eigenvalue weighted by molar-refractivity contribution is 0.218. The standard InChI is InChI=1S/C8H15N5S/c1-6(12(2)7-3-4-7)5-13-8(14)9-10-11-13/h6-7H,3-5H2,1-2H3,(H,9,11,14). The zero-order valence-corrected chi connectivity index (χ0v) is 9.29. The smallest absolute Gasteiger partial charge is 0.238 e. The van der Waals surface area contributed by atoms with E-state index >= 15 is 0 Å². The summed E-state index contributed by atoms with van der Waals surface area (Å²) in [6, 6.07) is 1.24. The van der Waals surface area contributed by atoms with E-state index < -0.39 is 0 Å². The number of nitrogens with zero attached hydrogens (tertiary/aromatic N) is 4. The van der Waals surface area contributed by atoms with Crippen LogP contribution in [0.5, 0.6) is 0 Å². The van der Waals surface area contributed by atoms with Gasteiger partial charge in [0.2, 0.25) is 4.77 Å². The maximum atomic E-state index is 5.01. The first-order chi connectivity index (χ1) is 6.68. The highest BCUT2D eigenvalue weighted by atomic mass is 32.1. The molecule has 1 aliphatic rings. The van der Waals surface area contributed by atoms with E-state index in [1.165, 1.54) is 12.8 Å². The lowest BCUT2D eigenvalue weighted by Crippen LogP contribution is -2.34. The molecule has 1 aliphatic carbocycles. The van der Waals surface area contributed by atoms with Gasteiger partial charge in [0, 0.05) is 12.1 Å². The number of aromatic nitrogens is 4. The van der Waals surface area contributed by atoms with Crippen molar-refractivity contribution in [3.8, 4) is 0 Å². The van der Waals surface area contributed by atoms with Crippen molar-refractivity contribution in [1.82, 2.24) is 25.1 Å². The van der Waals surface area contributed by atoms with Gasteiger partial charge in [-0.15, -0.1) is 0 Å². The van der Waals surface area contributed by atoms with Gasteiger partial charge in [-0.2, -0.15) is 5.21 Å². The largest absolute Gasteiger partial charge is 0.299 e. The molecule has 1 aromatic rings. The van der Waals surface area contributed by atoms with Gasteiger partial charge < -0.3 is 0 Å². The first-order valence-corrected chi connectivity index (χ1v) is 5.29. The van der Waals surface area contributed by atoms with E-state index in [1.54, 1.807) is 4.68 Å². The van der Waals surface area contributed by atoms with Crippen molar-refractivity contribution < 1.29 is 0 Å².